The van der Waals surface area contributed by atoms with Gasteiger partial charge in [-0.25, -0.2) is 0 Å². The van der Waals surface area contributed by atoms with E-state index in [9.17, 15) is 4.79 Å². The molecule has 0 saturated heterocycles. The van der Waals surface area contributed by atoms with E-state index in [2.05, 4.69) is 10.3 Å². The van der Waals surface area contributed by atoms with Gasteiger partial charge in [-0.05, 0) is 18.9 Å². The van der Waals surface area contributed by atoms with Crippen molar-refractivity contribution in [3.8, 4) is 0 Å². The molecule has 0 radical (unpaired) electrons. The molecule has 0 aliphatic carbocycles. The van der Waals surface area contributed by atoms with Crippen LogP contribution < -0.4 is 10.2 Å². The van der Waals surface area contributed by atoms with Crippen LogP contribution in [-0.2, 0) is 4.79 Å². The number of pyridine rings is 1. The van der Waals surface area contributed by atoms with Crippen LogP contribution >= 0.6 is 11.6 Å². The molecule has 0 aliphatic rings. The van der Waals surface area contributed by atoms with Crippen molar-refractivity contribution in [1.82, 2.24) is 4.98 Å². The van der Waals surface area contributed by atoms with E-state index in [4.69, 9.17) is 11.6 Å². The highest BCUT2D eigenvalue weighted by molar-refractivity contribution is 6.17. The van der Waals surface area contributed by atoms with Gasteiger partial charge in [-0.3, -0.25) is 9.78 Å². The standard InChI is InChI=1S/C12H18ClN3O/c1-16(2)11-6-8-14-9-10(11)15-12(17)5-3-4-7-13/h6,8-9H,3-5,7H2,1-2H3,(H,15,17). The highest BCUT2D eigenvalue weighted by atomic mass is 35.5. The van der Waals surface area contributed by atoms with Gasteiger partial charge in [-0.15, -0.1) is 11.6 Å². The molecule has 4 nitrogen and oxygen atoms in total. The van der Waals surface area contributed by atoms with Crippen LogP contribution in [0.1, 0.15) is 19.3 Å². The van der Waals surface area contributed by atoms with Gasteiger partial charge in [0.15, 0.2) is 0 Å². The summed E-state index contributed by atoms with van der Waals surface area (Å²) >= 11 is 5.56. The SMILES string of the molecule is CN(C)c1ccncc1NC(=O)CCCCCl. The normalized spacial score (nSPS) is 10.1. The number of nitrogens with zero attached hydrogens (tertiary/aromatic N) is 2. The largest absolute Gasteiger partial charge is 0.376 e. The second-order valence-electron chi connectivity index (χ2n) is 3.98. The first kappa shape index (κ1) is 13.8. The van der Waals surface area contributed by atoms with Crippen molar-refractivity contribution in [2.24, 2.45) is 0 Å². The number of carbonyl (C=O) groups is 1. The summed E-state index contributed by atoms with van der Waals surface area (Å²) < 4.78 is 0. The topological polar surface area (TPSA) is 45.2 Å². The van der Waals surface area contributed by atoms with Crippen molar-refractivity contribution in [3.63, 3.8) is 0 Å². The van der Waals surface area contributed by atoms with Crippen LogP contribution in [0.4, 0.5) is 11.4 Å². The Bertz CT molecular complexity index is 369. The highest BCUT2D eigenvalue weighted by Crippen LogP contribution is 2.22. The molecular weight excluding hydrogens is 238 g/mol. The molecule has 1 heterocycles. The third kappa shape index (κ3) is 4.61. The van der Waals surface area contributed by atoms with E-state index in [0.29, 0.717) is 12.3 Å². The third-order valence-electron chi connectivity index (χ3n) is 2.34. The van der Waals surface area contributed by atoms with Gasteiger partial charge in [0.2, 0.25) is 5.91 Å². The van der Waals surface area contributed by atoms with Crippen molar-refractivity contribution in [3.05, 3.63) is 18.5 Å². The van der Waals surface area contributed by atoms with Gasteiger partial charge in [-0.1, -0.05) is 0 Å². The molecule has 0 spiro atoms. The molecule has 5 heteroatoms. The highest BCUT2D eigenvalue weighted by Gasteiger charge is 2.07. The Hall–Kier alpha value is -1.29. The number of anilines is 2. The lowest BCUT2D eigenvalue weighted by atomic mass is 10.2. The molecule has 17 heavy (non-hydrogen) atoms. The first-order chi connectivity index (χ1) is 8.15. The molecule has 0 bridgehead atoms. The molecule has 1 N–H and O–H groups in total. The minimum Gasteiger partial charge on any atom is -0.376 e. The average Bonchev–Trinajstić information content (AvgIpc) is 2.29. The van der Waals surface area contributed by atoms with Gasteiger partial charge >= 0.3 is 0 Å². The van der Waals surface area contributed by atoms with Crippen LogP contribution in [0.2, 0.25) is 0 Å². The summed E-state index contributed by atoms with van der Waals surface area (Å²) in [6.07, 6.45) is 5.54. The van der Waals surface area contributed by atoms with Gasteiger partial charge in [0.25, 0.3) is 0 Å². The summed E-state index contributed by atoms with van der Waals surface area (Å²) in [5, 5.41) is 2.86. The Kier molecular flexibility index (Phi) is 5.77. The van der Waals surface area contributed by atoms with Crippen molar-refractivity contribution < 1.29 is 4.79 Å². The molecule has 1 rings (SSSR count). The quantitative estimate of drug-likeness (QED) is 0.628. The molecule has 94 valence electrons. The number of rotatable bonds is 6. The van der Waals surface area contributed by atoms with Gasteiger partial charge in [0.05, 0.1) is 17.6 Å². The maximum absolute atomic E-state index is 11.7. The monoisotopic (exact) mass is 255 g/mol. The summed E-state index contributed by atoms with van der Waals surface area (Å²) in [7, 11) is 3.86. The molecular formula is C12H18ClN3O. The molecule has 0 aromatic carbocycles. The minimum absolute atomic E-state index is 0.00576. The number of halogens is 1. The van der Waals surface area contributed by atoms with Crippen LogP contribution in [0.15, 0.2) is 18.5 Å². The zero-order valence-electron chi connectivity index (χ0n) is 10.2. The molecule has 1 aromatic heterocycles. The number of hydrogen-bond acceptors (Lipinski definition) is 3. The van der Waals surface area contributed by atoms with Gasteiger partial charge in [-0.2, -0.15) is 0 Å². The summed E-state index contributed by atoms with van der Waals surface area (Å²) in [5.41, 5.74) is 1.69. The number of aromatic nitrogens is 1. The molecule has 0 aliphatic heterocycles. The maximum atomic E-state index is 11.7. The minimum atomic E-state index is 0.00576. The Morgan fingerprint density at radius 3 is 2.88 bits per heavy atom. The van der Waals surface area contributed by atoms with Crippen molar-refractivity contribution >= 4 is 28.9 Å². The Morgan fingerprint density at radius 2 is 2.24 bits per heavy atom. The predicted octanol–water partition coefficient (Wildman–Crippen LogP) is 2.50. The fourth-order valence-corrected chi connectivity index (χ4v) is 1.66. The number of amides is 1. The van der Waals surface area contributed by atoms with E-state index < -0.39 is 0 Å². The van der Waals surface area contributed by atoms with Crippen molar-refractivity contribution in [2.75, 3.05) is 30.2 Å². The molecule has 0 saturated carbocycles. The van der Waals surface area contributed by atoms with Crippen molar-refractivity contribution in [1.29, 1.82) is 0 Å². The van der Waals surface area contributed by atoms with Crippen LogP contribution in [0, 0.1) is 0 Å². The number of nitrogens with one attached hydrogen (secondary N) is 1. The van der Waals surface area contributed by atoms with Crippen molar-refractivity contribution in [2.45, 2.75) is 19.3 Å². The molecule has 1 amide bonds. The Morgan fingerprint density at radius 1 is 1.47 bits per heavy atom. The van der Waals surface area contributed by atoms with E-state index in [-0.39, 0.29) is 5.91 Å². The second-order valence-corrected chi connectivity index (χ2v) is 4.36. The Labute approximate surface area is 107 Å². The zero-order valence-corrected chi connectivity index (χ0v) is 11.0. The summed E-state index contributed by atoms with van der Waals surface area (Å²) in [6, 6.07) is 1.87. The van der Waals surface area contributed by atoms with Gasteiger partial charge < -0.3 is 10.2 Å². The van der Waals surface area contributed by atoms with E-state index in [1.165, 1.54) is 0 Å². The third-order valence-corrected chi connectivity index (χ3v) is 2.61. The lowest BCUT2D eigenvalue weighted by Gasteiger charge is -2.17. The summed E-state index contributed by atoms with van der Waals surface area (Å²) in [4.78, 5) is 17.6. The number of unbranched alkanes of at least 4 members (excludes halogenated alkanes) is 1. The first-order valence-electron chi connectivity index (χ1n) is 5.62. The number of alkyl halides is 1. The molecule has 0 atom stereocenters. The number of hydrogen-bond donors (Lipinski definition) is 1. The fraction of sp³-hybridized carbons (Fsp3) is 0.500. The van der Waals surface area contributed by atoms with Crippen LogP contribution in [0.25, 0.3) is 0 Å². The van der Waals surface area contributed by atoms with E-state index >= 15 is 0 Å². The molecule has 0 fully saturated rings. The summed E-state index contributed by atoms with van der Waals surface area (Å²) in [6.45, 7) is 0. The summed E-state index contributed by atoms with van der Waals surface area (Å²) in [5.74, 6) is 0.606. The molecule has 0 unspecified atom stereocenters. The fourth-order valence-electron chi connectivity index (χ4n) is 1.47. The van der Waals surface area contributed by atoms with Crippen LogP contribution in [0.3, 0.4) is 0 Å². The number of carbonyl (C=O) groups excluding carboxylic acids is 1. The first-order valence-corrected chi connectivity index (χ1v) is 6.15. The lowest BCUT2D eigenvalue weighted by Crippen LogP contribution is -2.16. The van der Waals surface area contributed by atoms with Gasteiger partial charge in [0, 0.05) is 32.6 Å². The van der Waals surface area contributed by atoms with Gasteiger partial charge in [0.1, 0.15) is 0 Å². The van der Waals surface area contributed by atoms with E-state index in [1.54, 1.807) is 12.4 Å². The predicted molar refractivity (Wildman–Crippen MR) is 71.8 cm³/mol. The smallest absolute Gasteiger partial charge is 0.224 e. The molecule has 1 aromatic rings. The van der Waals surface area contributed by atoms with Crippen LogP contribution in [0.5, 0.6) is 0 Å². The van der Waals surface area contributed by atoms with E-state index in [1.807, 2.05) is 25.1 Å². The van der Waals surface area contributed by atoms with E-state index in [0.717, 1.165) is 24.2 Å². The average molecular weight is 256 g/mol. The maximum Gasteiger partial charge on any atom is 0.224 e. The van der Waals surface area contributed by atoms with Crippen LogP contribution in [-0.4, -0.2) is 30.9 Å². The second kappa shape index (κ2) is 7.12. The Balaban J connectivity index is 2.58. The zero-order chi connectivity index (χ0) is 12.7. The lowest BCUT2D eigenvalue weighted by molar-refractivity contribution is -0.116.